The quantitative estimate of drug-likeness (QED) is 0.151. The Labute approximate surface area is 360 Å². The van der Waals surface area contributed by atoms with Crippen LogP contribution in [0.25, 0.3) is 43.8 Å². The smallest absolute Gasteiger partial charge is 0.0546 e. The van der Waals surface area contributed by atoms with Gasteiger partial charge in [0.2, 0.25) is 0 Å². The van der Waals surface area contributed by atoms with Gasteiger partial charge >= 0.3 is 0 Å². The lowest BCUT2D eigenvalue weighted by Crippen LogP contribution is -2.16. The summed E-state index contributed by atoms with van der Waals surface area (Å²) in [5, 5.41) is 4.87. The average molecular weight is 787 g/mol. The minimum atomic E-state index is -0.116. The molecule has 2 heteroatoms. The first kappa shape index (κ1) is 37.1. The molecule has 0 heterocycles. The number of nitrogens with zero attached hydrogens (tertiary/aromatic N) is 2. The molecule has 2 nitrogen and oxygen atoms in total. The van der Waals surface area contributed by atoms with E-state index in [1.807, 2.05) is 0 Å². The van der Waals surface area contributed by atoms with E-state index in [1.54, 1.807) is 0 Å². The van der Waals surface area contributed by atoms with E-state index in [1.165, 1.54) is 104 Å². The van der Waals surface area contributed by atoms with Crippen LogP contribution >= 0.6 is 0 Å². The minimum absolute atomic E-state index is 0.116. The van der Waals surface area contributed by atoms with E-state index in [-0.39, 0.29) is 5.41 Å². The highest BCUT2D eigenvalue weighted by Gasteiger charge is 2.38. The van der Waals surface area contributed by atoms with Gasteiger partial charge in [0.05, 0.1) is 17.1 Å². The number of fused-ring (bicyclic) bond motifs is 5. The summed E-state index contributed by atoms with van der Waals surface area (Å²) >= 11 is 0. The van der Waals surface area contributed by atoms with Crippen LogP contribution in [0.2, 0.25) is 0 Å². The summed E-state index contributed by atoms with van der Waals surface area (Å²) in [5.74, 6) is 0.642. The van der Waals surface area contributed by atoms with E-state index in [2.05, 4.69) is 224 Å². The van der Waals surface area contributed by atoms with Gasteiger partial charge in [-0.3, -0.25) is 0 Å². The van der Waals surface area contributed by atoms with Crippen molar-refractivity contribution in [2.45, 2.75) is 57.3 Å². The highest BCUT2D eigenvalue weighted by molar-refractivity contribution is 6.08. The van der Waals surface area contributed by atoms with E-state index < -0.39 is 0 Å². The first-order valence-corrected chi connectivity index (χ1v) is 22.1. The molecule has 0 atom stereocenters. The molecule has 2 aliphatic rings. The molecule has 1 fully saturated rings. The van der Waals surface area contributed by atoms with E-state index in [0.29, 0.717) is 5.92 Å². The zero-order chi connectivity index (χ0) is 40.9. The Hall–Kier alpha value is -6.90. The molecule has 0 aromatic heterocycles. The Balaban J connectivity index is 1.16. The van der Waals surface area contributed by atoms with E-state index in [9.17, 15) is 0 Å². The number of hydrogen-bond acceptors (Lipinski definition) is 2. The standard InChI is InChI=1S/C59H50N2/c1-59(2)52-30-14-13-29-51(52)58-53(59)31-17-33-55(58)60(46-37-34-42(35-38-46)41-18-5-3-6-19-41)47-25-16-26-48(40-47)61(54-32-15-24-43-20-9-11-27-49(43)54)56-39-36-44-21-10-12-28-50(44)57(56)45-22-7-4-8-23-45/h4,7-17,20-41H,3,5-6,18-19H2,1-2H3. The van der Waals surface area contributed by atoms with Gasteiger partial charge in [0.25, 0.3) is 0 Å². The lowest BCUT2D eigenvalue weighted by atomic mass is 9.82. The van der Waals surface area contributed by atoms with Gasteiger partial charge in [0, 0.05) is 39.0 Å². The fraction of sp³-hybridized carbons (Fsp3) is 0.153. The van der Waals surface area contributed by atoms with Crippen LogP contribution in [0.15, 0.2) is 200 Å². The number of benzene rings is 9. The van der Waals surface area contributed by atoms with Gasteiger partial charge in [0.15, 0.2) is 0 Å². The second kappa shape index (κ2) is 15.3. The van der Waals surface area contributed by atoms with Crippen LogP contribution in [0.1, 0.15) is 68.6 Å². The third-order valence-electron chi connectivity index (χ3n) is 13.6. The predicted octanol–water partition coefficient (Wildman–Crippen LogP) is 17.0. The third kappa shape index (κ3) is 6.41. The minimum Gasteiger partial charge on any atom is -0.310 e. The molecule has 0 aliphatic heterocycles. The van der Waals surface area contributed by atoms with Crippen molar-refractivity contribution < 1.29 is 0 Å². The summed E-state index contributed by atoms with van der Waals surface area (Å²) in [6, 6.07) is 74.6. The highest BCUT2D eigenvalue weighted by Crippen LogP contribution is 2.55. The molecule has 0 saturated heterocycles. The van der Waals surface area contributed by atoms with Crippen LogP contribution in [0.3, 0.4) is 0 Å². The maximum atomic E-state index is 2.52. The predicted molar refractivity (Wildman–Crippen MR) is 260 cm³/mol. The monoisotopic (exact) mass is 786 g/mol. The van der Waals surface area contributed by atoms with Crippen LogP contribution < -0.4 is 9.80 Å². The maximum Gasteiger partial charge on any atom is 0.0546 e. The van der Waals surface area contributed by atoms with Crippen LogP contribution in [0, 0.1) is 0 Å². The van der Waals surface area contributed by atoms with Crippen molar-refractivity contribution in [2.24, 2.45) is 0 Å². The molecule has 0 radical (unpaired) electrons. The van der Waals surface area contributed by atoms with Crippen LogP contribution in [0.5, 0.6) is 0 Å². The zero-order valence-corrected chi connectivity index (χ0v) is 35.1. The Morgan fingerprint density at radius 3 is 1.80 bits per heavy atom. The lowest BCUT2D eigenvalue weighted by Gasteiger charge is -2.32. The van der Waals surface area contributed by atoms with Crippen molar-refractivity contribution in [2.75, 3.05) is 9.80 Å². The normalized spacial score (nSPS) is 14.5. The molecule has 9 aromatic rings. The molecular formula is C59H50N2. The fourth-order valence-electron chi connectivity index (χ4n) is 10.6. The third-order valence-corrected chi connectivity index (χ3v) is 13.6. The molecule has 9 aromatic carbocycles. The molecular weight excluding hydrogens is 737 g/mol. The van der Waals surface area contributed by atoms with E-state index >= 15 is 0 Å². The molecule has 0 unspecified atom stereocenters. The first-order chi connectivity index (χ1) is 30.0. The summed E-state index contributed by atoms with van der Waals surface area (Å²) in [4.78, 5) is 5.02. The Kier molecular flexibility index (Phi) is 9.30. The van der Waals surface area contributed by atoms with Gasteiger partial charge in [-0.05, 0) is 111 Å². The second-order valence-corrected chi connectivity index (χ2v) is 17.5. The van der Waals surface area contributed by atoms with Crippen LogP contribution in [-0.4, -0.2) is 0 Å². The second-order valence-electron chi connectivity index (χ2n) is 17.5. The molecule has 61 heavy (non-hydrogen) atoms. The SMILES string of the molecule is CC1(C)c2ccccc2-c2c(N(c3ccc(C4CCCCC4)cc3)c3cccc(N(c4ccc5ccccc5c4-c4ccccc4)c4cccc5ccccc45)c3)cccc21. The van der Waals surface area contributed by atoms with Gasteiger partial charge in [-0.15, -0.1) is 0 Å². The maximum absolute atomic E-state index is 2.52. The van der Waals surface area contributed by atoms with Crippen molar-refractivity contribution in [3.63, 3.8) is 0 Å². The lowest BCUT2D eigenvalue weighted by molar-refractivity contribution is 0.443. The van der Waals surface area contributed by atoms with Gasteiger partial charge in [-0.2, -0.15) is 0 Å². The highest BCUT2D eigenvalue weighted by atomic mass is 15.2. The molecule has 0 amide bonds. The summed E-state index contributed by atoms with van der Waals surface area (Å²) in [5.41, 5.74) is 16.0. The summed E-state index contributed by atoms with van der Waals surface area (Å²) in [6.07, 6.45) is 6.58. The van der Waals surface area contributed by atoms with Gasteiger partial charge < -0.3 is 9.80 Å². The first-order valence-electron chi connectivity index (χ1n) is 22.1. The Morgan fingerprint density at radius 2 is 1.00 bits per heavy atom. The van der Waals surface area contributed by atoms with Gasteiger partial charge in [-0.25, -0.2) is 0 Å². The molecule has 0 bridgehead atoms. The average Bonchev–Trinajstić information content (AvgIpc) is 3.56. The van der Waals surface area contributed by atoms with Crippen molar-refractivity contribution in [1.29, 1.82) is 0 Å². The van der Waals surface area contributed by atoms with Crippen molar-refractivity contribution in [1.82, 2.24) is 0 Å². The zero-order valence-electron chi connectivity index (χ0n) is 35.1. The van der Waals surface area contributed by atoms with Gasteiger partial charge in [0.1, 0.15) is 0 Å². The molecule has 0 N–H and O–H groups in total. The largest absolute Gasteiger partial charge is 0.310 e. The molecule has 11 rings (SSSR count). The molecule has 296 valence electrons. The molecule has 1 saturated carbocycles. The van der Waals surface area contributed by atoms with Crippen molar-refractivity contribution in [3.8, 4) is 22.3 Å². The number of hydrogen-bond donors (Lipinski definition) is 0. The summed E-state index contributed by atoms with van der Waals surface area (Å²) in [6.45, 7) is 4.75. The van der Waals surface area contributed by atoms with E-state index in [0.717, 1.165) is 22.7 Å². The van der Waals surface area contributed by atoms with Crippen LogP contribution in [-0.2, 0) is 5.41 Å². The number of anilines is 6. The number of rotatable bonds is 8. The van der Waals surface area contributed by atoms with E-state index in [4.69, 9.17) is 0 Å². The topological polar surface area (TPSA) is 6.48 Å². The van der Waals surface area contributed by atoms with Gasteiger partial charge in [-0.1, -0.05) is 185 Å². The summed E-state index contributed by atoms with van der Waals surface area (Å²) in [7, 11) is 0. The van der Waals surface area contributed by atoms with Crippen molar-refractivity contribution in [3.05, 3.63) is 217 Å². The van der Waals surface area contributed by atoms with Crippen LogP contribution in [0.4, 0.5) is 34.1 Å². The fourth-order valence-corrected chi connectivity index (χ4v) is 10.6. The Morgan fingerprint density at radius 1 is 0.410 bits per heavy atom. The molecule has 0 spiro atoms. The Bertz CT molecular complexity index is 3040. The summed E-state index contributed by atoms with van der Waals surface area (Å²) < 4.78 is 0. The van der Waals surface area contributed by atoms with Crippen molar-refractivity contribution >= 4 is 55.7 Å². The molecule has 2 aliphatic carbocycles.